The first kappa shape index (κ1) is 14.3. The predicted octanol–water partition coefficient (Wildman–Crippen LogP) is 1.28. The number of pyridine rings is 1. The second-order valence-electron chi connectivity index (χ2n) is 4.32. The van der Waals surface area contributed by atoms with Gasteiger partial charge in [-0.05, 0) is 26.3 Å². The van der Waals surface area contributed by atoms with Crippen LogP contribution in [0.15, 0.2) is 12.3 Å². The van der Waals surface area contributed by atoms with Crippen LogP contribution in [-0.4, -0.2) is 42.5 Å². The van der Waals surface area contributed by atoms with Gasteiger partial charge in [0.2, 0.25) is 5.91 Å². The highest BCUT2D eigenvalue weighted by molar-refractivity contribution is 5.81. The number of likely N-dealkylation sites (N-methyl/N-ethyl adjacent to an activating group) is 2. The first-order valence-electron chi connectivity index (χ1n) is 6.20. The van der Waals surface area contributed by atoms with E-state index in [4.69, 9.17) is 5.73 Å². The molecule has 0 aliphatic heterocycles. The molecule has 0 aliphatic rings. The zero-order valence-corrected chi connectivity index (χ0v) is 11.6. The second kappa shape index (κ2) is 6.23. The molecule has 1 rings (SSSR count). The van der Waals surface area contributed by atoms with Gasteiger partial charge in [-0.25, -0.2) is 4.98 Å². The van der Waals surface area contributed by atoms with E-state index in [0.29, 0.717) is 12.2 Å². The minimum atomic E-state index is 0.100. The Balaban J connectivity index is 2.73. The van der Waals surface area contributed by atoms with Crippen molar-refractivity contribution >= 4 is 17.4 Å². The third-order valence-electron chi connectivity index (χ3n) is 3.01. The summed E-state index contributed by atoms with van der Waals surface area (Å²) in [5.41, 5.74) is 7.48. The Labute approximate surface area is 109 Å². The Bertz CT molecular complexity index is 415. The first-order valence-corrected chi connectivity index (χ1v) is 6.20. The number of anilines is 2. The molecular weight excluding hydrogens is 228 g/mol. The molecule has 0 fully saturated rings. The summed E-state index contributed by atoms with van der Waals surface area (Å²) < 4.78 is 0. The van der Waals surface area contributed by atoms with E-state index < -0.39 is 0 Å². The zero-order valence-electron chi connectivity index (χ0n) is 11.6. The SMILES string of the molecule is CCN(CC)C(=O)CN(C)c1cc(N)c(C)cn1. The van der Waals surface area contributed by atoms with Crippen molar-refractivity contribution in [3.8, 4) is 0 Å². The molecule has 1 amide bonds. The van der Waals surface area contributed by atoms with Crippen LogP contribution in [0.5, 0.6) is 0 Å². The maximum atomic E-state index is 12.0. The van der Waals surface area contributed by atoms with Crippen molar-refractivity contribution in [3.05, 3.63) is 17.8 Å². The van der Waals surface area contributed by atoms with E-state index in [1.807, 2.05) is 32.7 Å². The largest absolute Gasteiger partial charge is 0.398 e. The van der Waals surface area contributed by atoms with E-state index in [-0.39, 0.29) is 5.91 Å². The Morgan fingerprint density at radius 2 is 2.00 bits per heavy atom. The molecule has 100 valence electrons. The standard InChI is InChI=1S/C13H22N4O/c1-5-17(6-2)13(18)9-16(4)12-7-11(14)10(3)8-15-12/h7-8H,5-6,9H2,1-4H3,(H2,14,15). The van der Waals surface area contributed by atoms with Gasteiger partial charge < -0.3 is 15.5 Å². The summed E-state index contributed by atoms with van der Waals surface area (Å²) in [6.07, 6.45) is 1.73. The van der Waals surface area contributed by atoms with Crippen LogP contribution in [0, 0.1) is 6.92 Å². The summed E-state index contributed by atoms with van der Waals surface area (Å²) in [5, 5.41) is 0. The van der Waals surface area contributed by atoms with Gasteiger partial charge in [0.25, 0.3) is 0 Å². The zero-order chi connectivity index (χ0) is 13.7. The van der Waals surface area contributed by atoms with Crippen LogP contribution in [-0.2, 0) is 4.79 Å². The molecule has 0 unspecified atom stereocenters. The molecule has 0 radical (unpaired) electrons. The van der Waals surface area contributed by atoms with Crippen LogP contribution in [0.2, 0.25) is 0 Å². The fraction of sp³-hybridized carbons (Fsp3) is 0.538. The molecule has 18 heavy (non-hydrogen) atoms. The van der Waals surface area contributed by atoms with Crippen LogP contribution in [0.1, 0.15) is 19.4 Å². The summed E-state index contributed by atoms with van der Waals surface area (Å²) in [4.78, 5) is 19.9. The lowest BCUT2D eigenvalue weighted by Gasteiger charge is -2.24. The minimum absolute atomic E-state index is 0.100. The molecule has 1 aromatic rings. The van der Waals surface area contributed by atoms with Gasteiger partial charge in [0.05, 0.1) is 6.54 Å². The molecule has 0 aliphatic carbocycles. The van der Waals surface area contributed by atoms with Crippen molar-refractivity contribution in [2.24, 2.45) is 0 Å². The van der Waals surface area contributed by atoms with Crippen molar-refractivity contribution in [3.63, 3.8) is 0 Å². The first-order chi connectivity index (χ1) is 8.49. The number of nitrogens with two attached hydrogens (primary N) is 1. The van der Waals surface area contributed by atoms with E-state index in [1.165, 1.54) is 0 Å². The number of carbonyl (C=O) groups excluding carboxylic acids is 1. The molecule has 0 saturated carbocycles. The monoisotopic (exact) mass is 250 g/mol. The molecule has 5 heteroatoms. The Morgan fingerprint density at radius 3 is 2.50 bits per heavy atom. The van der Waals surface area contributed by atoms with Crippen LogP contribution in [0.4, 0.5) is 11.5 Å². The van der Waals surface area contributed by atoms with Gasteiger partial charge in [-0.15, -0.1) is 0 Å². The normalized spacial score (nSPS) is 10.2. The van der Waals surface area contributed by atoms with Crippen molar-refractivity contribution in [2.45, 2.75) is 20.8 Å². The maximum absolute atomic E-state index is 12.0. The predicted molar refractivity (Wildman–Crippen MR) is 74.6 cm³/mol. The molecule has 5 nitrogen and oxygen atoms in total. The van der Waals surface area contributed by atoms with Crippen LogP contribution in [0.25, 0.3) is 0 Å². The number of amides is 1. The Kier molecular flexibility index (Phi) is 4.95. The van der Waals surface area contributed by atoms with Gasteiger partial charge in [-0.2, -0.15) is 0 Å². The number of hydrogen-bond acceptors (Lipinski definition) is 4. The maximum Gasteiger partial charge on any atom is 0.242 e. The van der Waals surface area contributed by atoms with E-state index in [0.717, 1.165) is 24.5 Å². The molecule has 2 N–H and O–H groups in total. The van der Waals surface area contributed by atoms with Gasteiger partial charge in [0.1, 0.15) is 5.82 Å². The fourth-order valence-corrected chi connectivity index (χ4v) is 1.70. The van der Waals surface area contributed by atoms with Gasteiger partial charge in [-0.3, -0.25) is 4.79 Å². The van der Waals surface area contributed by atoms with Crippen LogP contribution in [0.3, 0.4) is 0 Å². The van der Waals surface area contributed by atoms with E-state index in [2.05, 4.69) is 4.98 Å². The highest BCUT2D eigenvalue weighted by Gasteiger charge is 2.13. The summed E-state index contributed by atoms with van der Waals surface area (Å²) in [6, 6.07) is 1.80. The van der Waals surface area contributed by atoms with E-state index >= 15 is 0 Å². The van der Waals surface area contributed by atoms with Crippen molar-refractivity contribution < 1.29 is 4.79 Å². The van der Waals surface area contributed by atoms with E-state index in [1.54, 1.807) is 17.2 Å². The topological polar surface area (TPSA) is 62.5 Å². The molecule has 0 saturated heterocycles. The summed E-state index contributed by atoms with van der Waals surface area (Å²) in [6.45, 7) is 7.64. The third-order valence-corrected chi connectivity index (χ3v) is 3.01. The lowest BCUT2D eigenvalue weighted by molar-refractivity contribution is -0.129. The van der Waals surface area contributed by atoms with Crippen LogP contribution < -0.4 is 10.6 Å². The van der Waals surface area contributed by atoms with Gasteiger partial charge in [0.15, 0.2) is 0 Å². The summed E-state index contributed by atoms with van der Waals surface area (Å²) in [5.74, 6) is 0.821. The highest BCUT2D eigenvalue weighted by Crippen LogP contribution is 2.16. The summed E-state index contributed by atoms with van der Waals surface area (Å²) >= 11 is 0. The highest BCUT2D eigenvalue weighted by atomic mass is 16.2. The minimum Gasteiger partial charge on any atom is -0.398 e. The van der Waals surface area contributed by atoms with E-state index in [9.17, 15) is 4.79 Å². The number of rotatable bonds is 5. The smallest absolute Gasteiger partial charge is 0.242 e. The van der Waals surface area contributed by atoms with Gasteiger partial charge in [-0.1, -0.05) is 0 Å². The average Bonchev–Trinajstić information content (AvgIpc) is 2.34. The number of nitrogen functional groups attached to an aromatic ring is 1. The number of carbonyl (C=O) groups is 1. The summed E-state index contributed by atoms with van der Waals surface area (Å²) in [7, 11) is 1.85. The fourth-order valence-electron chi connectivity index (χ4n) is 1.70. The van der Waals surface area contributed by atoms with Crippen molar-refractivity contribution in [2.75, 3.05) is 37.3 Å². The van der Waals surface area contributed by atoms with Crippen molar-refractivity contribution in [1.29, 1.82) is 0 Å². The van der Waals surface area contributed by atoms with Gasteiger partial charge in [0, 0.05) is 38.1 Å². The number of nitrogens with zero attached hydrogens (tertiary/aromatic N) is 3. The Morgan fingerprint density at radius 1 is 1.39 bits per heavy atom. The van der Waals surface area contributed by atoms with Crippen molar-refractivity contribution in [1.82, 2.24) is 9.88 Å². The lowest BCUT2D eigenvalue weighted by Crippen LogP contribution is -2.39. The average molecular weight is 250 g/mol. The molecular formula is C13H22N4O. The number of aromatic nitrogens is 1. The number of aryl methyl sites for hydroxylation is 1. The van der Waals surface area contributed by atoms with Gasteiger partial charge >= 0.3 is 0 Å². The molecule has 0 spiro atoms. The molecule has 0 atom stereocenters. The molecule has 1 aromatic heterocycles. The molecule has 0 bridgehead atoms. The lowest BCUT2D eigenvalue weighted by atomic mass is 10.2. The molecule has 1 heterocycles. The second-order valence-corrected chi connectivity index (χ2v) is 4.32. The number of hydrogen-bond donors (Lipinski definition) is 1. The third kappa shape index (κ3) is 3.35. The quantitative estimate of drug-likeness (QED) is 0.855. The molecule has 0 aromatic carbocycles. The Hall–Kier alpha value is -1.78. The van der Waals surface area contributed by atoms with Crippen LogP contribution >= 0.6 is 0 Å².